The lowest BCUT2D eigenvalue weighted by atomic mass is 10.1. The van der Waals surface area contributed by atoms with Crippen LogP contribution in [0.4, 0.5) is 5.82 Å². The maximum Gasteiger partial charge on any atom is 0.224 e. The summed E-state index contributed by atoms with van der Waals surface area (Å²) in [6.07, 6.45) is 0.883. The van der Waals surface area contributed by atoms with Crippen molar-refractivity contribution in [3.05, 3.63) is 23.0 Å². The maximum atomic E-state index is 12.0. The molecule has 0 unspecified atom stereocenters. The summed E-state index contributed by atoms with van der Waals surface area (Å²) in [7, 11) is 0. The molecule has 0 bridgehead atoms. The van der Waals surface area contributed by atoms with E-state index in [4.69, 9.17) is 0 Å². The summed E-state index contributed by atoms with van der Waals surface area (Å²) < 4.78 is 1.91. The molecule has 1 fully saturated rings. The molecule has 1 aliphatic rings. The number of fused-ring (bicyclic) bond motifs is 1. The Morgan fingerprint density at radius 3 is 2.91 bits per heavy atom. The third-order valence-corrected chi connectivity index (χ3v) is 4.40. The predicted octanol–water partition coefficient (Wildman–Crippen LogP) is 1.62. The SMILES string of the molecule is CCNC(=O)[C@H]1CCN(c2cc(C)nc3c(C)c(C)nn23)C1. The van der Waals surface area contributed by atoms with E-state index < -0.39 is 0 Å². The van der Waals surface area contributed by atoms with Crippen molar-refractivity contribution in [2.75, 3.05) is 24.5 Å². The van der Waals surface area contributed by atoms with E-state index in [0.29, 0.717) is 6.54 Å². The fraction of sp³-hybridized carbons (Fsp3) is 0.562. The summed E-state index contributed by atoms with van der Waals surface area (Å²) in [5.41, 5.74) is 4.00. The van der Waals surface area contributed by atoms with Gasteiger partial charge in [-0.1, -0.05) is 0 Å². The number of hydrogen-bond donors (Lipinski definition) is 1. The van der Waals surface area contributed by atoms with Gasteiger partial charge in [0.05, 0.1) is 11.6 Å². The predicted molar refractivity (Wildman–Crippen MR) is 86.2 cm³/mol. The zero-order valence-electron chi connectivity index (χ0n) is 13.7. The molecule has 0 aliphatic carbocycles. The largest absolute Gasteiger partial charge is 0.356 e. The normalized spacial score (nSPS) is 18.2. The summed E-state index contributed by atoms with van der Waals surface area (Å²) in [6.45, 7) is 10.3. The minimum absolute atomic E-state index is 0.0567. The van der Waals surface area contributed by atoms with Crippen LogP contribution < -0.4 is 10.2 Å². The molecule has 1 aliphatic heterocycles. The lowest BCUT2D eigenvalue weighted by Crippen LogP contribution is -2.33. The highest BCUT2D eigenvalue weighted by Gasteiger charge is 2.29. The number of carbonyl (C=O) groups is 1. The van der Waals surface area contributed by atoms with Crippen LogP contribution in [0.3, 0.4) is 0 Å². The first-order chi connectivity index (χ1) is 10.5. The molecule has 0 aromatic carbocycles. The van der Waals surface area contributed by atoms with Crippen molar-refractivity contribution < 1.29 is 4.79 Å². The molecule has 118 valence electrons. The Labute approximate surface area is 130 Å². The van der Waals surface area contributed by atoms with Gasteiger partial charge in [-0.25, -0.2) is 4.98 Å². The Hall–Kier alpha value is -2.11. The molecule has 1 N–H and O–H groups in total. The van der Waals surface area contributed by atoms with Crippen LogP contribution >= 0.6 is 0 Å². The van der Waals surface area contributed by atoms with E-state index in [1.807, 2.05) is 25.3 Å². The zero-order valence-corrected chi connectivity index (χ0v) is 13.7. The van der Waals surface area contributed by atoms with Crippen LogP contribution in [-0.2, 0) is 4.79 Å². The third kappa shape index (κ3) is 2.42. The molecule has 22 heavy (non-hydrogen) atoms. The first-order valence-electron chi connectivity index (χ1n) is 7.87. The third-order valence-electron chi connectivity index (χ3n) is 4.40. The van der Waals surface area contributed by atoms with Gasteiger partial charge in [-0.3, -0.25) is 4.79 Å². The standard InChI is InChI=1S/C16H23N5O/c1-5-17-16(22)13-6-7-20(9-13)14-8-10(2)18-15-11(3)12(4)19-21(14)15/h8,13H,5-7,9H2,1-4H3,(H,17,22)/t13-/m0/s1. The molecule has 2 aromatic rings. The van der Waals surface area contributed by atoms with E-state index in [9.17, 15) is 4.79 Å². The van der Waals surface area contributed by atoms with Gasteiger partial charge in [0, 0.05) is 37.0 Å². The van der Waals surface area contributed by atoms with Gasteiger partial charge in [0.2, 0.25) is 5.91 Å². The van der Waals surface area contributed by atoms with Crippen molar-refractivity contribution in [1.82, 2.24) is 19.9 Å². The Morgan fingerprint density at radius 1 is 1.41 bits per heavy atom. The molecule has 6 heteroatoms. The molecule has 3 heterocycles. The van der Waals surface area contributed by atoms with E-state index in [1.54, 1.807) is 0 Å². The molecule has 3 rings (SSSR count). The topological polar surface area (TPSA) is 62.5 Å². The van der Waals surface area contributed by atoms with Crippen molar-refractivity contribution in [3.63, 3.8) is 0 Å². The summed E-state index contributed by atoms with van der Waals surface area (Å²) in [5.74, 6) is 1.24. The van der Waals surface area contributed by atoms with Crippen LogP contribution in [0.5, 0.6) is 0 Å². The molecule has 0 saturated carbocycles. The van der Waals surface area contributed by atoms with Crippen molar-refractivity contribution in [1.29, 1.82) is 0 Å². The minimum Gasteiger partial charge on any atom is -0.356 e. The number of aryl methyl sites for hydroxylation is 3. The number of hydrogen-bond acceptors (Lipinski definition) is 4. The Balaban J connectivity index is 1.94. The van der Waals surface area contributed by atoms with Gasteiger partial charge in [0.1, 0.15) is 5.82 Å². The molecule has 6 nitrogen and oxygen atoms in total. The number of amides is 1. The molecule has 2 aromatic heterocycles. The Kier molecular flexibility index (Phi) is 3.76. The summed E-state index contributed by atoms with van der Waals surface area (Å²) in [4.78, 5) is 18.9. The quantitative estimate of drug-likeness (QED) is 0.935. The number of aromatic nitrogens is 3. The van der Waals surface area contributed by atoms with E-state index >= 15 is 0 Å². The maximum absolute atomic E-state index is 12.0. The average Bonchev–Trinajstić information content (AvgIpc) is 3.06. The lowest BCUT2D eigenvalue weighted by molar-refractivity contribution is -0.124. The average molecular weight is 301 g/mol. The van der Waals surface area contributed by atoms with Crippen LogP contribution in [0, 0.1) is 26.7 Å². The molecule has 1 amide bonds. The molecule has 1 atom stereocenters. The van der Waals surface area contributed by atoms with E-state index in [2.05, 4.69) is 33.3 Å². The second-order valence-electron chi connectivity index (χ2n) is 6.03. The second-order valence-corrected chi connectivity index (χ2v) is 6.03. The number of anilines is 1. The van der Waals surface area contributed by atoms with Gasteiger partial charge in [-0.15, -0.1) is 0 Å². The summed E-state index contributed by atoms with van der Waals surface area (Å²) >= 11 is 0. The first-order valence-corrected chi connectivity index (χ1v) is 7.87. The van der Waals surface area contributed by atoms with E-state index in [0.717, 1.165) is 47.9 Å². The molecular formula is C16H23N5O. The highest BCUT2D eigenvalue weighted by molar-refractivity contribution is 5.80. The number of rotatable bonds is 3. The fourth-order valence-corrected chi connectivity index (χ4v) is 3.06. The smallest absolute Gasteiger partial charge is 0.224 e. The molecule has 0 spiro atoms. The van der Waals surface area contributed by atoms with Crippen LogP contribution in [0.15, 0.2) is 6.07 Å². The van der Waals surface area contributed by atoms with Crippen molar-refractivity contribution in [2.45, 2.75) is 34.1 Å². The van der Waals surface area contributed by atoms with Crippen LogP contribution in [0.2, 0.25) is 0 Å². The summed E-state index contributed by atoms with van der Waals surface area (Å²) in [5, 5.41) is 7.54. The van der Waals surface area contributed by atoms with Gasteiger partial charge in [-0.05, 0) is 34.1 Å². The van der Waals surface area contributed by atoms with Gasteiger partial charge in [-0.2, -0.15) is 9.61 Å². The van der Waals surface area contributed by atoms with Gasteiger partial charge in [0.25, 0.3) is 0 Å². The van der Waals surface area contributed by atoms with Crippen LogP contribution in [0.25, 0.3) is 5.65 Å². The van der Waals surface area contributed by atoms with E-state index in [1.165, 1.54) is 0 Å². The first kappa shape index (κ1) is 14.8. The van der Waals surface area contributed by atoms with Crippen molar-refractivity contribution in [3.8, 4) is 0 Å². The highest BCUT2D eigenvalue weighted by atomic mass is 16.1. The van der Waals surface area contributed by atoms with Crippen LogP contribution in [-0.4, -0.2) is 40.1 Å². The molecule has 1 saturated heterocycles. The second kappa shape index (κ2) is 5.59. The van der Waals surface area contributed by atoms with Gasteiger partial charge >= 0.3 is 0 Å². The van der Waals surface area contributed by atoms with Gasteiger partial charge in [0.15, 0.2) is 5.65 Å². The highest BCUT2D eigenvalue weighted by Crippen LogP contribution is 2.26. The Morgan fingerprint density at radius 2 is 2.18 bits per heavy atom. The summed E-state index contributed by atoms with van der Waals surface area (Å²) in [6, 6.07) is 2.05. The lowest BCUT2D eigenvalue weighted by Gasteiger charge is -2.20. The number of carbonyl (C=O) groups excluding carboxylic acids is 1. The van der Waals surface area contributed by atoms with Crippen molar-refractivity contribution >= 4 is 17.4 Å². The van der Waals surface area contributed by atoms with Crippen LogP contribution in [0.1, 0.15) is 30.3 Å². The number of nitrogens with one attached hydrogen (secondary N) is 1. The monoisotopic (exact) mass is 301 g/mol. The molecular weight excluding hydrogens is 278 g/mol. The van der Waals surface area contributed by atoms with Crippen molar-refractivity contribution in [2.24, 2.45) is 5.92 Å². The zero-order chi connectivity index (χ0) is 15.9. The Bertz CT molecular complexity index is 721. The van der Waals surface area contributed by atoms with Gasteiger partial charge < -0.3 is 10.2 Å². The molecule has 0 radical (unpaired) electrons. The minimum atomic E-state index is 0.0567. The van der Waals surface area contributed by atoms with E-state index in [-0.39, 0.29) is 11.8 Å². The number of nitrogens with zero attached hydrogens (tertiary/aromatic N) is 4. The fourth-order valence-electron chi connectivity index (χ4n) is 3.06.